The van der Waals surface area contributed by atoms with Gasteiger partial charge in [-0.25, -0.2) is 8.42 Å². The monoisotopic (exact) mass is 480 g/mol. The summed E-state index contributed by atoms with van der Waals surface area (Å²) in [5.74, 6) is 0.374. The highest BCUT2D eigenvalue weighted by Crippen LogP contribution is 2.22. The first-order chi connectivity index (χ1) is 13.4. The molecule has 1 heterocycles. The molecule has 8 heteroatoms. The number of benzene rings is 2. The molecular weight excluding hydrogens is 460 g/mol. The first-order valence-electron chi connectivity index (χ1n) is 8.83. The molecule has 0 radical (unpaired) electrons. The van der Waals surface area contributed by atoms with Crippen molar-refractivity contribution in [2.45, 2.75) is 4.90 Å². The molecule has 1 aliphatic heterocycles. The molecular formula is C20H21BrN2O3S2. The Morgan fingerprint density at radius 1 is 1.04 bits per heavy atom. The fraction of sp³-hybridized carbons (Fsp3) is 0.250. The zero-order chi connectivity index (χ0) is 20.0. The van der Waals surface area contributed by atoms with Gasteiger partial charge in [-0.05, 0) is 29.8 Å². The average Bonchev–Trinajstić information content (AvgIpc) is 2.71. The van der Waals surface area contributed by atoms with E-state index in [-0.39, 0.29) is 5.91 Å². The van der Waals surface area contributed by atoms with Crippen molar-refractivity contribution in [1.29, 1.82) is 0 Å². The van der Waals surface area contributed by atoms with E-state index in [0.29, 0.717) is 31.9 Å². The molecule has 28 heavy (non-hydrogen) atoms. The third-order valence-corrected chi connectivity index (χ3v) is 7.38. The number of sulfonamides is 1. The first kappa shape index (κ1) is 21.1. The van der Waals surface area contributed by atoms with Gasteiger partial charge in [-0.2, -0.15) is 4.31 Å². The highest BCUT2D eigenvalue weighted by molar-refractivity contribution is 9.10. The van der Waals surface area contributed by atoms with Crippen LogP contribution in [0.3, 0.4) is 0 Å². The second kappa shape index (κ2) is 9.73. The molecule has 1 fully saturated rings. The maximum atomic E-state index is 12.5. The van der Waals surface area contributed by atoms with Gasteiger partial charge in [-0.3, -0.25) is 4.79 Å². The zero-order valence-corrected chi connectivity index (χ0v) is 18.4. The summed E-state index contributed by atoms with van der Waals surface area (Å²) < 4.78 is 27.4. The van der Waals surface area contributed by atoms with Gasteiger partial charge in [-0.1, -0.05) is 52.3 Å². The Kier molecular flexibility index (Phi) is 7.34. The van der Waals surface area contributed by atoms with Crippen LogP contribution in [0.2, 0.25) is 0 Å². The number of thioether (sulfide) groups is 1. The number of nitrogens with zero attached hydrogens (tertiary/aromatic N) is 2. The lowest BCUT2D eigenvalue weighted by molar-refractivity contribution is -0.129. The van der Waals surface area contributed by atoms with Crippen molar-refractivity contribution in [3.63, 3.8) is 0 Å². The number of rotatable bonds is 6. The van der Waals surface area contributed by atoms with E-state index in [1.165, 1.54) is 21.5 Å². The lowest BCUT2D eigenvalue weighted by atomic mass is 10.2. The molecule has 1 amide bonds. The maximum absolute atomic E-state index is 12.5. The highest BCUT2D eigenvalue weighted by Gasteiger charge is 2.27. The SMILES string of the molecule is O=C(CSc1cccc(Br)c1)N1CCN(S(=O)(=O)/C=C/c2ccccc2)CC1. The van der Waals surface area contributed by atoms with Gasteiger partial charge in [0, 0.05) is 41.0 Å². The lowest BCUT2D eigenvalue weighted by Crippen LogP contribution is -2.50. The topological polar surface area (TPSA) is 57.7 Å². The summed E-state index contributed by atoms with van der Waals surface area (Å²) in [5.41, 5.74) is 0.837. The number of carbonyl (C=O) groups excluding carboxylic acids is 1. The first-order valence-corrected chi connectivity index (χ1v) is 12.1. The van der Waals surface area contributed by atoms with Crippen molar-refractivity contribution >= 4 is 49.7 Å². The molecule has 2 aromatic rings. The van der Waals surface area contributed by atoms with Crippen molar-refractivity contribution in [3.8, 4) is 0 Å². The number of carbonyl (C=O) groups is 1. The quantitative estimate of drug-likeness (QED) is 0.591. The van der Waals surface area contributed by atoms with Gasteiger partial charge in [0.1, 0.15) is 0 Å². The third kappa shape index (κ3) is 5.94. The van der Waals surface area contributed by atoms with E-state index >= 15 is 0 Å². The molecule has 0 unspecified atom stereocenters. The molecule has 0 atom stereocenters. The van der Waals surface area contributed by atoms with Gasteiger partial charge in [0.05, 0.1) is 5.75 Å². The van der Waals surface area contributed by atoms with Crippen molar-refractivity contribution in [3.05, 3.63) is 70.0 Å². The van der Waals surface area contributed by atoms with Gasteiger partial charge in [0.25, 0.3) is 0 Å². The second-order valence-corrected chi connectivity index (χ2v) is 10.1. The van der Waals surface area contributed by atoms with E-state index < -0.39 is 10.0 Å². The van der Waals surface area contributed by atoms with Crippen LogP contribution in [-0.4, -0.2) is 55.5 Å². The van der Waals surface area contributed by atoms with Gasteiger partial charge < -0.3 is 4.90 Å². The second-order valence-electron chi connectivity index (χ2n) is 6.28. The predicted molar refractivity (Wildman–Crippen MR) is 117 cm³/mol. The summed E-state index contributed by atoms with van der Waals surface area (Å²) >= 11 is 4.91. The lowest BCUT2D eigenvalue weighted by Gasteiger charge is -2.33. The van der Waals surface area contributed by atoms with Crippen LogP contribution in [0.1, 0.15) is 5.56 Å². The predicted octanol–water partition coefficient (Wildman–Crippen LogP) is 3.69. The summed E-state index contributed by atoms with van der Waals surface area (Å²) in [6, 6.07) is 17.1. The van der Waals surface area contributed by atoms with Crippen molar-refractivity contribution in [2.24, 2.45) is 0 Å². The molecule has 1 aliphatic rings. The summed E-state index contributed by atoms with van der Waals surface area (Å²) in [5, 5.41) is 1.24. The van der Waals surface area contributed by atoms with E-state index in [2.05, 4.69) is 15.9 Å². The molecule has 3 rings (SSSR count). The molecule has 0 saturated carbocycles. The summed E-state index contributed by atoms with van der Waals surface area (Å²) in [6.07, 6.45) is 1.60. The fourth-order valence-electron chi connectivity index (χ4n) is 2.80. The Morgan fingerprint density at radius 3 is 2.43 bits per heavy atom. The van der Waals surface area contributed by atoms with Crippen molar-refractivity contribution in [2.75, 3.05) is 31.9 Å². The molecule has 0 aliphatic carbocycles. The molecule has 0 aromatic heterocycles. The van der Waals surface area contributed by atoms with E-state index in [9.17, 15) is 13.2 Å². The van der Waals surface area contributed by atoms with Crippen LogP contribution in [0.15, 0.2) is 69.4 Å². The van der Waals surface area contributed by atoms with Gasteiger partial charge in [0.15, 0.2) is 0 Å². The third-order valence-electron chi connectivity index (χ3n) is 4.34. The molecule has 5 nitrogen and oxygen atoms in total. The molecule has 0 spiro atoms. The Morgan fingerprint density at radius 2 is 1.75 bits per heavy atom. The standard InChI is InChI=1S/C20H21BrN2O3S2/c21-18-7-4-8-19(15-18)27-16-20(24)22-10-12-23(13-11-22)28(25,26)14-9-17-5-2-1-3-6-17/h1-9,14-15H,10-13,16H2/b14-9+. The smallest absolute Gasteiger partial charge is 0.236 e. The number of amides is 1. The van der Waals surface area contributed by atoms with Crippen LogP contribution < -0.4 is 0 Å². The number of hydrogen-bond donors (Lipinski definition) is 0. The fourth-order valence-corrected chi connectivity index (χ4v) is 5.38. The van der Waals surface area contributed by atoms with E-state index in [4.69, 9.17) is 0 Å². The van der Waals surface area contributed by atoms with Crippen LogP contribution in [-0.2, 0) is 14.8 Å². The van der Waals surface area contributed by atoms with Gasteiger partial charge in [-0.15, -0.1) is 11.8 Å². The Labute approximate surface area is 178 Å². The minimum absolute atomic E-state index is 0.0295. The minimum Gasteiger partial charge on any atom is -0.339 e. The minimum atomic E-state index is -3.49. The number of piperazine rings is 1. The largest absolute Gasteiger partial charge is 0.339 e. The van der Waals surface area contributed by atoms with Crippen molar-refractivity contribution in [1.82, 2.24) is 9.21 Å². The summed E-state index contributed by atoms with van der Waals surface area (Å²) in [7, 11) is -3.49. The van der Waals surface area contributed by atoms with Crippen LogP contribution >= 0.6 is 27.7 Å². The van der Waals surface area contributed by atoms with Gasteiger partial charge in [0.2, 0.25) is 15.9 Å². The van der Waals surface area contributed by atoms with Crippen molar-refractivity contribution < 1.29 is 13.2 Å². The Hall–Kier alpha value is -1.61. The van der Waals surface area contributed by atoms with Crippen LogP contribution in [0, 0.1) is 0 Å². The maximum Gasteiger partial charge on any atom is 0.236 e. The van der Waals surface area contributed by atoms with Crippen LogP contribution in [0.4, 0.5) is 0 Å². The van der Waals surface area contributed by atoms with Gasteiger partial charge >= 0.3 is 0 Å². The Bertz CT molecular complexity index is 941. The van der Waals surface area contributed by atoms with E-state index in [0.717, 1.165) is 14.9 Å². The summed E-state index contributed by atoms with van der Waals surface area (Å²) in [6.45, 7) is 1.45. The normalized spacial score (nSPS) is 15.8. The van der Waals surface area contributed by atoms with Crippen LogP contribution in [0.5, 0.6) is 0 Å². The zero-order valence-electron chi connectivity index (χ0n) is 15.2. The summed E-state index contributed by atoms with van der Waals surface area (Å²) in [4.78, 5) is 15.2. The van der Waals surface area contributed by atoms with E-state index in [1.807, 2.05) is 54.6 Å². The highest BCUT2D eigenvalue weighted by atomic mass is 79.9. The molecule has 148 valence electrons. The van der Waals surface area contributed by atoms with Crippen LogP contribution in [0.25, 0.3) is 6.08 Å². The molecule has 0 bridgehead atoms. The molecule has 2 aromatic carbocycles. The van der Waals surface area contributed by atoms with E-state index in [1.54, 1.807) is 11.0 Å². The number of hydrogen-bond acceptors (Lipinski definition) is 4. The Balaban J connectivity index is 1.50. The molecule has 1 saturated heterocycles. The molecule has 0 N–H and O–H groups in total. The average molecular weight is 481 g/mol. The number of halogens is 1.